The molecule has 0 heterocycles. The van der Waals surface area contributed by atoms with E-state index >= 15 is 0 Å². The van der Waals surface area contributed by atoms with Crippen LogP contribution in [0, 0.1) is 0 Å². The summed E-state index contributed by atoms with van der Waals surface area (Å²) in [5, 5.41) is 0. The highest BCUT2D eigenvalue weighted by Gasteiger charge is 2.35. The Kier molecular flexibility index (Phi) is 5.36. The van der Waals surface area contributed by atoms with Crippen molar-refractivity contribution in [3.8, 4) is 0 Å². The Morgan fingerprint density at radius 1 is 1.09 bits per heavy atom. The van der Waals surface area contributed by atoms with Crippen molar-refractivity contribution < 1.29 is 22.7 Å². The number of ether oxygens (including phenoxy) is 1. The predicted octanol–water partition coefficient (Wildman–Crippen LogP) is 5.21. The van der Waals surface area contributed by atoms with Gasteiger partial charge in [-0.2, -0.15) is 13.2 Å². The van der Waals surface area contributed by atoms with Crippen LogP contribution in [0.1, 0.15) is 28.4 Å². The molecular weight excluding hydrogens is 325 g/mol. The Balaban J connectivity index is 2.34. The second-order valence-electron chi connectivity index (χ2n) is 4.80. The van der Waals surface area contributed by atoms with Crippen LogP contribution >= 0.6 is 11.8 Å². The highest BCUT2D eigenvalue weighted by molar-refractivity contribution is 7.99. The minimum absolute atomic E-state index is 0.411. The molecule has 0 aliphatic heterocycles. The number of halogens is 3. The van der Waals surface area contributed by atoms with Crippen molar-refractivity contribution in [2.24, 2.45) is 0 Å². The average Bonchev–Trinajstić information content (AvgIpc) is 2.54. The van der Waals surface area contributed by atoms with Gasteiger partial charge in [-0.3, -0.25) is 0 Å². The first kappa shape index (κ1) is 17.4. The summed E-state index contributed by atoms with van der Waals surface area (Å²) in [6, 6.07) is 11.2. The maximum absolute atomic E-state index is 13.1. The summed E-state index contributed by atoms with van der Waals surface area (Å²) in [4.78, 5) is 12.7. The molecule has 6 heteroatoms. The highest BCUT2D eigenvalue weighted by atomic mass is 32.2. The van der Waals surface area contributed by atoms with Gasteiger partial charge in [0, 0.05) is 9.79 Å². The Bertz CT molecular complexity index is 694. The molecule has 2 aromatic rings. The van der Waals surface area contributed by atoms with Crippen LogP contribution in [0.25, 0.3) is 0 Å². The van der Waals surface area contributed by atoms with Crippen molar-refractivity contribution >= 4 is 17.7 Å². The molecular formula is C17H15F3O2S. The van der Waals surface area contributed by atoms with Crippen molar-refractivity contribution in [2.75, 3.05) is 7.11 Å². The number of hydrogen-bond donors (Lipinski definition) is 0. The summed E-state index contributed by atoms with van der Waals surface area (Å²) in [6.07, 6.45) is -3.72. The molecule has 23 heavy (non-hydrogen) atoms. The standard InChI is InChI=1S/C17H15F3O2S/c1-3-11-4-6-12(7-5-11)23-13-8-9-14(16(21)22-2)15(10-13)17(18,19)20/h4-10H,3H2,1-2H3. The zero-order chi connectivity index (χ0) is 17.0. The van der Waals surface area contributed by atoms with E-state index < -0.39 is 23.3 Å². The summed E-state index contributed by atoms with van der Waals surface area (Å²) in [6.45, 7) is 2.03. The van der Waals surface area contributed by atoms with Gasteiger partial charge in [0.1, 0.15) is 0 Å². The van der Waals surface area contributed by atoms with E-state index in [-0.39, 0.29) is 0 Å². The van der Waals surface area contributed by atoms with Crippen molar-refractivity contribution in [2.45, 2.75) is 29.3 Å². The molecule has 0 spiro atoms. The van der Waals surface area contributed by atoms with Gasteiger partial charge in [0.25, 0.3) is 0 Å². The van der Waals surface area contributed by atoms with Crippen LogP contribution < -0.4 is 0 Å². The van der Waals surface area contributed by atoms with Crippen molar-refractivity contribution in [1.29, 1.82) is 0 Å². The number of alkyl halides is 3. The Hall–Kier alpha value is -1.95. The predicted molar refractivity (Wildman–Crippen MR) is 82.7 cm³/mol. The van der Waals surface area contributed by atoms with Gasteiger partial charge in [-0.15, -0.1) is 0 Å². The molecule has 0 amide bonds. The normalized spacial score (nSPS) is 11.3. The molecule has 2 nitrogen and oxygen atoms in total. The molecule has 0 aliphatic carbocycles. The van der Waals surface area contributed by atoms with E-state index in [0.29, 0.717) is 4.90 Å². The molecule has 0 saturated carbocycles. The largest absolute Gasteiger partial charge is 0.465 e. The quantitative estimate of drug-likeness (QED) is 0.715. The summed E-state index contributed by atoms with van der Waals surface area (Å²) < 4.78 is 43.8. The average molecular weight is 340 g/mol. The Morgan fingerprint density at radius 2 is 1.70 bits per heavy atom. The molecule has 0 unspecified atom stereocenters. The third kappa shape index (κ3) is 4.28. The number of benzene rings is 2. The molecule has 0 saturated heterocycles. The monoisotopic (exact) mass is 340 g/mol. The van der Waals surface area contributed by atoms with Gasteiger partial charge in [-0.25, -0.2) is 4.79 Å². The SMILES string of the molecule is CCc1ccc(Sc2ccc(C(=O)OC)c(C(F)(F)F)c2)cc1. The summed E-state index contributed by atoms with van der Waals surface area (Å²) in [5.41, 5.74) is -0.309. The van der Waals surface area contributed by atoms with Gasteiger partial charge in [-0.05, 0) is 42.3 Å². The van der Waals surface area contributed by atoms with E-state index in [4.69, 9.17) is 0 Å². The Labute approximate surface area is 136 Å². The molecule has 0 atom stereocenters. The lowest BCUT2D eigenvalue weighted by molar-refractivity contribution is -0.138. The van der Waals surface area contributed by atoms with Crippen LogP contribution in [0.2, 0.25) is 0 Å². The number of esters is 1. The molecule has 0 radical (unpaired) electrons. The van der Waals surface area contributed by atoms with Gasteiger partial charge in [0.2, 0.25) is 0 Å². The van der Waals surface area contributed by atoms with Gasteiger partial charge >= 0.3 is 12.1 Å². The third-order valence-electron chi connectivity index (χ3n) is 3.27. The van der Waals surface area contributed by atoms with Crippen LogP contribution in [0.4, 0.5) is 13.2 Å². The van der Waals surface area contributed by atoms with Crippen molar-refractivity contribution in [3.63, 3.8) is 0 Å². The lowest BCUT2D eigenvalue weighted by atomic mass is 10.1. The number of rotatable bonds is 4. The minimum atomic E-state index is -4.62. The molecule has 0 N–H and O–H groups in total. The molecule has 2 aromatic carbocycles. The molecule has 0 fully saturated rings. The zero-order valence-electron chi connectivity index (χ0n) is 12.6. The fourth-order valence-electron chi connectivity index (χ4n) is 2.04. The highest BCUT2D eigenvalue weighted by Crippen LogP contribution is 2.37. The number of carbonyl (C=O) groups is 1. The van der Waals surface area contributed by atoms with Gasteiger partial charge < -0.3 is 4.74 Å². The number of hydrogen-bond acceptors (Lipinski definition) is 3. The molecule has 2 rings (SSSR count). The zero-order valence-corrected chi connectivity index (χ0v) is 13.4. The van der Waals surface area contributed by atoms with E-state index in [1.165, 1.54) is 17.8 Å². The van der Waals surface area contributed by atoms with E-state index in [1.807, 2.05) is 31.2 Å². The number of aryl methyl sites for hydroxylation is 1. The van der Waals surface area contributed by atoms with Gasteiger partial charge in [-0.1, -0.05) is 30.8 Å². The van der Waals surface area contributed by atoms with Crippen LogP contribution in [0.15, 0.2) is 52.3 Å². The maximum Gasteiger partial charge on any atom is 0.417 e. The van der Waals surface area contributed by atoms with Crippen LogP contribution in [-0.2, 0) is 17.3 Å². The van der Waals surface area contributed by atoms with Crippen molar-refractivity contribution in [3.05, 3.63) is 59.2 Å². The molecule has 0 aliphatic rings. The summed E-state index contributed by atoms with van der Waals surface area (Å²) >= 11 is 1.21. The van der Waals surface area contributed by atoms with Crippen LogP contribution in [-0.4, -0.2) is 13.1 Å². The fraction of sp³-hybridized carbons (Fsp3) is 0.235. The van der Waals surface area contributed by atoms with Crippen LogP contribution in [0.3, 0.4) is 0 Å². The molecule has 122 valence electrons. The van der Waals surface area contributed by atoms with E-state index in [2.05, 4.69) is 4.74 Å². The second-order valence-corrected chi connectivity index (χ2v) is 5.94. The molecule has 0 aromatic heterocycles. The smallest absolute Gasteiger partial charge is 0.417 e. The minimum Gasteiger partial charge on any atom is -0.465 e. The number of methoxy groups -OCH3 is 1. The molecule has 0 bridgehead atoms. The number of carbonyl (C=O) groups excluding carboxylic acids is 1. The maximum atomic E-state index is 13.1. The Morgan fingerprint density at radius 3 is 2.22 bits per heavy atom. The second kappa shape index (κ2) is 7.08. The first-order chi connectivity index (χ1) is 10.8. The fourth-order valence-corrected chi connectivity index (χ4v) is 2.90. The first-order valence-electron chi connectivity index (χ1n) is 6.91. The van der Waals surface area contributed by atoms with Crippen molar-refractivity contribution in [1.82, 2.24) is 0 Å². The topological polar surface area (TPSA) is 26.3 Å². The van der Waals surface area contributed by atoms with Gasteiger partial charge in [0.15, 0.2) is 0 Å². The van der Waals surface area contributed by atoms with E-state index in [0.717, 1.165) is 36.1 Å². The summed E-state index contributed by atoms with van der Waals surface area (Å²) in [7, 11) is 1.06. The third-order valence-corrected chi connectivity index (χ3v) is 4.27. The lowest BCUT2D eigenvalue weighted by Crippen LogP contribution is -2.14. The van der Waals surface area contributed by atoms with Gasteiger partial charge in [0.05, 0.1) is 18.2 Å². The first-order valence-corrected chi connectivity index (χ1v) is 7.73. The summed E-state index contributed by atoms with van der Waals surface area (Å²) in [5.74, 6) is -0.999. The van der Waals surface area contributed by atoms with Crippen LogP contribution in [0.5, 0.6) is 0 Å². The van der Waals surface area contributed by atoms with E-state index in [1.54, 1.807) is 0 Å². The lowest BCUT2D eigenvalue weighted by Gasteiger charge is -2.13. The van der Waals surface area contributed by atoms with E-state index in [9.17, 15) is 18.0 Å².